The van der Waals surface area contributed by atoms with E-state index in [9.17, 15) is 19.5 Å². The molecule has 0 bridgehead atoms. The molecule has 0 unspecified atom stereocenters. The maximum Gasteiger partial charge on any atom is 0.325 e. The van der Waals surface area contributed by atoms with Crippen molar-refractivity contribution in [1.29, 1.82) is 0 Å². The molecule has 2 aromatic rings. The van der Waals surface area contributed by atoms with Crippen LogP contribution in [-0.4, -0.2) is 47.0 Å². The lowest BCUT2D eigenvalue weighted by Gasteiger charge is -2.24. The second-order valence-electron chi connectivity index (χ2n) is 7.00. The first-order chi connectivity index (χ1) is 13.7. The number of nitrogens with zero attached hydrogens (tertiary/aromatic N) is 1. The minimum atomic E-state index is -1.22. The Morgan fingerprint density at radius 1 is 1.21 bits per heavy atom. The van der Waals surface area contributed by atoms with Crippen LogP contribution in [0, 0.1) is 0 Å². The highest BCUT2D eigenvalue weighted by Crippen LogP contribution is 2.33. The summed E-state index contributed by atoms with van der Waals surface area (Å²) in [5, 5.41) is 13.0. The number of nitrogens with one attached hydrogen (secondary N) is 1. The van der Waals surface area contributed by atoms with Crippen LogP contribution in [0.5, 0.6) is 5.75 Å². The third kappa shape index (κ3) is 4.33. The van der Waals surface area contributed by atoms with Crippen LogP contribution in [0.15, 0.2) is 53.0 Å². The number of ether oxygens (including phenoxy) is 1. The highest BCUT2D eigenvalue weighted by molar-refractivity contribution is 9.10. The minimum absolute atomic E-state index is 0.0526. The molecule has 0 spiro atoms. The van der Waals surface area contributed by atoms with Crippen LogP contribution < -0.4 is 10.1 Å². The standard InChI is InChI=1S/C21H21BrN2O5/c1-13(25)14-7-9-16(10-8-14)29-12-15(26)11-24-19(27)21(2,23-20(24)28)17-5-3-4-6-18(17)22/h3-10,15,26H,11-12H2,1-2H3,(H,23,28)/t15-,21+/m1/s1. The van der Waals surface area contributed by atoms with E-state index in [4.69, 9.17) is 4.74 Å². The van der Waals surface area contributed by atoms with E-state index in [2.05, 4.69) is 21.2 Å². The molecule has 3 amide bonds. The van der Waals surface area contributed by atoms with E-state index in [0.29, 0.717) is 21.3 Å². The van der Waals surface area contributed by atoms with Crippen LogP contribution in [0.2, 0.25) is 0 Å². The number of imide groups is 1. The monoisotopic (exact) mass is 460 g/mol. The van der Waals surface area contributed by atoms with Gasteiger partial charge in [0.2, 0.25) is 0 Å². The predicted octanol–water partition coefficient (Wildman–Crippen LogP) is 2.86. The summed E-state index contributed by atoms with van der Waals surface area (Å²) in [6.45, 7) is 2.80. The Kier molecular flexibility index (Phi) is 6.04. The number of halogens is 1. The number of benzene rings is 2. The Bertz CT molecular complexity index is 946. The van der Waals surface area contributed by atoms with Gasteiger partial charge < -0.3 is 15.2 Å². The second kappa shape index (κ2) is 8.34. The Balaban J connectivity index is 1.64. The molecule has 1 heterocycles. The van der Waals surface area contributed by atoms with E-state index in [0.717, 1.165) is 4.90 Å². The molecule has 1 fully saturated rings. The fourth-order valence-corrected chi connectivity index (χ4v) is 3.84. The van der Waals surface area contributed by atoms with Gasteiger partial charge in [-0.1, -0.05) is 34.1 Å². The van der Waals surface area contributed by atoms with Crippen molar-refractivity contribution in [3.8, 4) is 5.75 Å². The summed E-state index contributed by atoms with van der Waals surface area (Å²) < 4.78 is 6.21. The molecule has 2 N–H and O–H groups in total. The fourth-order valence-electron chi connectivity index (χ4n) is 3.15. The van der Waals surface area contributed by atoms with Crippen LogP contribution in [0.4, 0.5) is 4.79 Å². The van der Waals surface area contributed by atoms with Gasteiger partial charge in [0.25, 0.3) is 5.91 Å². The molecule has 1 aliphatic rings. The SMILES string of the molecule is CC(=O)c1ccc(OC[C@H](O)CN2C(=O)N[C@@](C)(c3ccccc3Br)C2=O)cc1. The van der Waals surface area contributed by atoms with Crippen molar-refractivity contribution >= 4 is 33.7 Å². The van der Waals surface area contributed by atoms with Crippen molar-refractivity contribution in [2.75, 3.05) is 13.2 Å². The van der Waals surface area contributed by atoms with Gasteiger partial charge in [0.1, 0.15) is 24.0 Å². The van der Waals surface area contributed by atoms with Gasteiger partial charge in [0.15, 0.2) is 5.78 Å². The summed E-state index contributed by atoms with van der Waals surface area (Å²) >= 11 is 3.41. The molecule has 3 rings (SSSR count). The van der Waals surface area contributed by atoms with Gasteiger partial charge in [0, 0.05) is 15.6 Å². The van der Waals surface area contributed by atoms with E-state index in [-0.39, 0.29) is 18.9 Å². The van der Waals surface area contributed by atoms with Gasteiger partial charge in [-0.05, 0) is 44.2 Å². The molecule has 2 atom stereocenters. The number of hydrogen-bond donors (Lipinski definition) is 2. The fraction of sp³-hybridized carbons (Fsp3) is 0.286. The number of ketones is 1. The molecule has 7 nitrogen and oxygen atoms in total. The Morgan fingerprint density at radius 2 is 1.86 bits per heavy atom. The van der Waals surface area contributed by atoms with E-state index < -0.39 is 23.6 Å². The normalized spacial score (nSPS) is 19.8. The molecular formula is C21H21BrN2O5. The highest BCUT2D eigenvalue weighted by atomic mass is 79.9. The van der Waals surface area contributed by atoms with E-state index in [1.54, 1.807) is 49.4 Å². The molecule has 152 valence electrons. The second-order valence-corrected chi connectivity index (χ2v) is 7.85. The van der Waals surface area contributed by atoms with Crippen molar-refractivity contribution in [3.63, 3.8) is 0 Å². The van der Waals surface area contributed by atoms with Crippen LogP contribution in [0.1, 0.15) is 29.8 Å². The number of Topliss-reactive ketones (excluding diaryl/α,β-unsaturated/α-hetero) is 1. The molecule has 8 heteroatoms. The lowest BCUT2D eigenvalue weighted by atomic mass is 9.92. The molecular weight excluding hydrogens is 440 g/mol. The average Bonchev–Trinajstić information content (AvgIpc) is 2.90. The predicted molar refractivity (Wildman–Crippen MR) is 110 cm³/mol. The molecule has 29 heavy (non-hydrogen) atoms. The summed E-state index contributed by atoms with van der Waals surface area (Å²) in [6, 6.07) is 13.1. The zero-order valence-electron chi connectivity index (χ0n) is 16.0. The number of carbonyl (C=O) groups is 3. The highest BCUT2D eigenvalue weighted by Gasteiger charge is 2.50. The first kappa shape index (κ1) is 21.0. The quantitative estimate of drug-likeness (QED) is 0.489. The number of urea groups is 1. The first-order valence-corrected chi connectivity index (χ1v) is 9.82. The summed E-state index contributed by atoms with van der Waals surface area (Å²) in [5.74, 6) is -0.0215. The summed E-state index contributed by atoms with van der Waals surface area (Å²) in [6.07, 6.45) is -1.07. The Hall–Kier alpha value is -2.71. The summed E-state index contributed by atoms with van der Waals surface area (Å²) in [7, 11) is 0. The number of aliphatic hydroxyl groups excluding tert-OH is 1. The van der Waals surface area contributed by atoms with Gasteiger partial charge in [-0.15, -0.1) is 0 Å². The van der Waals surface area contributed by atoms with Gasteiger partial charge in [-0.3, -0.25) is 14.5 Å². The van der Waals surface area contributed by atoms with E-state index in [1.165, 1.54) is 6.92 Å². The van der Waals surface area contributed by atoms with Gasteiger partial charge in [-0.25, -0.2) is 4.79 Å². The number of hydrogen-bond acceptors (Lipinski definition) is 5. The lowest BCUT2D eigenvalue weighted by Crippen LogP contribution is -2.43. The number of aliphatic hydroxyl groups is 1. The van der Waals surface area contributed by atoms with E-state index >= 15 is 0 Å². The average molecular weight is 461 g/mol. The third-order valence-corrected chi connectivity index (χ3v) is 5.48. The largest absolute Gasteiger partial charge is 0.491 e. The van der Waals surface area contributed by atoms with Gasteiger partial charge in [-0.2, -0.15) is 0 Å². The van der Waals surface area contributed by atoms with Crippen molar-refractivity contribution in [2.45, 2.75) is 25.5 Å². The Morgan fingerprint density at radius 3 is 2.48 bits per heavy atom. The summed E-state index contributed by atoms with van der Waals surface area (Å²) in [4.78, 5) is 37.6. The maximum absolute atomic E-state index is 12.9. The Labute approximate surface area is 176 Å². The van der Waals surface area contributed by atoms with E-state index in [1.807, 2.05) is 6.07 Å². The molecule has 0 saturated carbocycles. The van der Waals surface area contributed by atoms with Crippen molar-refractivity contribution in [2.24, 2.45) is 0 Å². The smallest absolute Gasteiger partial charge is 0.325 e. The van der Waals surface area contributed by atoms with Crippen LogP contribution in [0.25, 0.3) is 0 Å². The minimum Gasteiger partial charge on any atom is -0.491 e. The number of carbonyl (C=O) groups excluding carboxylic acids is 3. The first-order valence-electron chi connectivity index (χ1n) is 9.03. The van der Waals surface area contributed by atoms with Gasteiger partial charge >= 0.3 is 6.03 Å². The topological polar surface area (TPSA) is 95.9 Å². The zero-order valence-corrected chi connectivity index (χ0v) is 17.6. The van der Waals surface area contributed by atoms with Crippen LogP contribution in [-0.2, 0) is 10.3 Å². The molecule has 0 aromatic heterocycles. The molecule has 1 aliphatic heterocycles. The van der Waals surface area contributed by atoms with Gasteiger partial charge in [0.05, 0.1) is 6.54 Å². The van der Waals surface area contributed by atoms with Crippen LogP contribution >= 0.6 is 15.9 Å². The number of rotatable bonds is 7. The third-order valence-electron chi connectivity index (χ3n) is 4.78. The van der Waals surface area contributed by atoms with Crippen molar-refractivity contribution < 1.29 is 24.2 Å². The summed E-state index contributed by atoms with van der Waals surface area (Å²) in [5.41, 5.74) is -0.0268. The number of amides is 3. The maximum atomic E-state index is 12.9. The van der Waals surface area contributed by atoms with Crippen molar-refractivity contribution in [3.05, 3.63) is 64.1 Å². The zero-order chi connectivity index (χ0) is 21.2. The molecule has 2 aromatic carbocycles. The molecule has 0 aliphatic carbocycles. The van der Waals surface area contributed by atoms with Crippen LogP contribution in [0.3, 0.4) is 0 Å². The lowest BCUT2D eigenvalue weighted by molar-refractivity contribution is -0.132. The molecule has 0 radical (unpaired) electrons. The number of β-amino-alcohol motifs (C(OH)–C–C–N with tert-alkyl or cyclic N) is 1. The molecule has 1 saturated heterocycles. The van der Waals surface area contributed by atoms with Crippen molar-refractivity contribution in [1.82, 2.24) is 10.2 Å².